The molecular formula is C26H29FN8O. The Bertz CT molecular complexity index is 1460. The van der Waals surface area contributed by atoms with Crippen molar-refractivity contribution in [2.24, 2.45) is 4.99 Å². The molecule has 1 aromatic carbocycles. The van der Waals surface area contributed by atoms with Crippen LogP contribution in [-0.4, -0.2) is 33.4 Å². The third kappa shape index (κ3) is 4.05. The summed E-state index contributed by atoms with van der Waals surface area (Å²) in [7, 11) is 0. The molecule has 1 atom stereocenters. The maximum absolute atomic E-state index is 15.2. The van der Waals surface area contributed by atoms with Gasteiger partial charge in [-0.2, -0.15) is 5.26 Å². The number of nitriles is 1. The monoisotopic (exact) mass is 488 g/mol. The van der Waals surface area contributed by atoms with E-state index in [4.69, 9.17) is 0 Å². The molecular weight excluding hydrogens is 459 g/mol. The molecule has 5 rings (SSSR count). The molecule has 1 unspecified atom stereocenters. The van der Waals surface area contributed by atoms with Crippen LogP contribution in [0.4, 0.5) is 15.9 Å². The van der Waals surface area contributed by atoms with Crippen molar-refractivity contribution in [3.05, 3.63) is 68.9 Å². The molecule has 0 saturated carbocycles. The molecule has 3 aromatic rings. The normalized spacial score (nSPS) is 16.8. The van der Waals surface area contributed by atoms with Crippen LogP contribution in [0.2, 0.25) is 0 Å². The fourth-order valence-corrected chi connectivity index (χ4v) is 4.57. The van der Waals surface area contributed by atoms with E-state index in [1.165, 1.54) is 38.8 Å². The molecule has 186 valence electrons. The number of fused-ring (bicyclic) bond motifs is 2. The van der Waals surface area contributed by atoms with E-state index < -0.39 is 17.5 Å². The number of benzene rings is 1. The fourth-order valence-electron chi connectivity index (χ4n) is 4.57. The van der Waals surface area contributed by atoms with Gasteiger partial charge in [0.2, 0.25) is 0 Å². The van der Waals surface area contributed by atoms with Crippen molar-refractivity contribution < 1.29 is 4.39 Å². The maximum Gasteiger partial charge on any atom is 0.278 e. The lowest BCUT2D eigenvalue weighted by atomic mass is 9.91. The van der Waals surface area contributed by atoms with Gasteiger partial charge in [0.15, 0.2) is 17.9 Å². The van der Waals surface area contributed by atoms with Gasteiger partial charge in [-0.3, -0.25) is 4.79 Å². The Labute approximate surface area is 208 Å². The van der Waals surface area contributed by atoms with Crippen LogP contribution in [0.3, 0.4) is 0 Å². The average molecular weight is 489 g/mol. The summed E-state index contributed by atoms with van der Waals surface area (Å²) in [6.45, 7) is 8.93. The Kier molecular flexibility index (Phi) is 5.88. The van der Waals surface area contributed by atoms with E-state index in [2.05, 4.69) is 44.1 Å². The first-order chi connectivity index (χ1) is 17.2. The van der Waals surface area contributed by atoms with Gasteiger partial charge in [-0.15, -0.1) is 0 Å². The van der Waals surface area contributed by atoms with Crippen molar-refractivity contribution in [1.82, 2.24) is 19.7 Å². The van der Waals surface area contributed by atoms with E-state index in [0.717, 1.165) is 25.2 Å². The Balaban J connectivity index is 1.56. The molecule has 9 nitrogen and oxygen atoms in total. The lowest BCUT2D eigenvalue weighted by molar-refractivity contribution is 0.454. The first-order valence-electron chi connectivity index (χ1n) is 12.0. The smallest absolute Gasteiger partial charge is 0.278 e. The van der Waals surface area contributed by atoms with Crippen LogP contribution < -0.4 is 21.5 Å². The predicted molar refractivity (Wildman–Crippen MR) is 137 cm³/mol. The van der Waals surface area contributed by atoms with Crippen molar-refractivity contribution in [3.8, 4) is 11.9 Å². The molecule has 2 aromatic heterocycles. The molecule has 0 spiro atoms. The van der Waals surface area contributed by atoms with Crippen LogP contribution in [0, 0.1) is 17.1 Å². The highest BCUT2D eigenvalue weighted by Gasteiger charge is 2.30. The van der Waals surface area contributed by atoms with E-state index in [0.29, 0.717) is 17.1 Å². The van der Waals surface area contributed by atoms with E-state index in [1.54, 1.807) is 13.8 Å². The lowest BCUT2D eigenvalue weighted by Gasteiger charge is -2.25. The maximum atomic E-state index is 15.2. The first-order valence-corrected chi connectivity index (χ1v) is 12.0. The third-order valence-corrected chi connectivity index (χ3v) is 6.58. The summed E-state index contributed by atoms with van der Waals surface area (Å²) in [5, 5.41) is 19.6. The van der Waals surface area contributed by atoms with Crippen molar-refractivity contribution >= 4 is 17.7 Å². The SMILES string of the molecule is CC(C)n1c(=O)c2c(n1-c1nc(C(C)(C)C#N)ccc1F)NC(Nc1ccc3c(c1)CCNC3)N=C2. The zero-order chi connectivity index (χ0) is 25.6. The highest BCUT2D eigenvalue weighted by atomic mass is 19.1. The highest BCUT2D eigenvalue weighted by Crippen LogP contribution is 2.28. The fraction of sp³-hybridized carbons (Fsp3) is 0.385. The number of pyridine rings is 1. The molecule has 4 heterocycles. The van der Waals surface area contributed by atoms with Gasteiger partial charge in [-0.25, -0.2) is 23.7 Å². The van der Waals surface area contributed by atoms with Crippen molar-refractivity contribution in [2.45, 2.75) is 58.4 Å². The molecule has 36 heavy (non-hydrogen) atoms. The minimum atomic E-state index is -0.931. The lowest BCUT2D eigenvalue weighted by Crippen LogP contribution is -2.32. The van der Waals surface area contributed by atoms with E-state index >= 15 is 4.39 Å². The number of hydrogen-bond acceptors (Lipinski definition) is 7. The van der Waals surface area contributed by atoms with Crippen LogP contribution in [0.15, 0.2) is 40.1 Å². The molecule has 2 aliphatic heterocycles. The van der Waals surface area contributed by atoms with Gasteiger partial charge in [-0.1, -0.05) is 6.07 Å². The van der Waals surface area contributed by atoms with Crippen LogP contribution >= 0.6 is 0 Å². The highest BCUT2D eigenvalue weighted by molar-refractivity contribution is 5.89. The summed E-state index contributed by atoms with van der Waals surface area (Å²) in [6, 6.07) is 10.9. The number of aliphatic imine (C=N–C) groups is 1. The zero-order valence-electron chi connectivity index (χ0n) is 20.8. The van der Waals surface area contributed by atoms with Gasteiger partial charge in [0.25, 0.3) is 5.56 Å². The molecule has 2 aliphatic rings. The minimum absolute atomic E-state index is 0.0503. The number of anilines is 2. The summed E-state index contributed by atoms with van der Waals surface area (Å²) >= 11 is 0. The van der Waals surface area contributed by atoms with E-state index in [1.807, 2.05) is 19.9 Å². The Hall–Kier alpha value is -3.97. The number of nitrogens with one attached hydrogen (secondary N) is 3. The second kappa shape index (κ2) is 8.91. The number of rotatable bonds is 5. The van der Waals surface area contributed by atoms with Gasteiger partial charge in [0, 0.05) is 24.5 Å². The van der Waals surface area contributed by atoms with Gasteiger partial charge >= 0.3 is 0 Å². The average Bonchev–Trinajstić information content (AvgIpc) is 3.15. The Morgan fingerprint density at radius 1 is 1.25 bits per heavy atom. The second-order valence-electron chi connectivity index (χ2n) is 9.94. The third-order valence-electron chi connectivity index (χ3n) is 6.58. The topological polar surface area (TPSA) is 112 Å². The molecule has 0 saturated heterocycles. The molecule has 3 N–H and O–H groups in total. The number of hydrogen-bond donors (Lipinski definition) is 3. The largest absolute Gasteiger partial charge is 0.347 e. The molecule has 10 heteroatoms. The van der Waals surface area contributed by atoms with Gasteiger partial charge < -0.3 is 16.0 Å². The van der Waals surface area contributed by atoms with Crippen molar-refractivity contribution in [3.63, 3.8) is 0 Å². The predicted octanol–water partition coefficient (Wildman–Crippen LogP) is 3.44. The molecule has 0 aliphatic carbocycles. The van der Waals surface area contributed by atoms with Crippen molar-refractivity contribution in [1.29, 1.82) is 5.26 Å². The molecule has 0 amide bonds. The molecule has 0 bridgehead atoms. The summed E-state index contributed by atoms with van der Waals surface area (Å²) < 4.78 is 18.1. The summed E-state index contributed by atoms with van der Waals surface area (Å²) in [5.41, 5.74) is 2.96. The Morgan fingerprint density at radius 3 is 2.81 bits per heavy atom. The van der Waals surface area contributed by atoms with Crippen LogP contribution in [0.25, 0.3) is 5.82 Å². The Morgan fingerprint density at radius 2 is 2.06 bits per heavy atom. The summed E-state index contributed by atoms with van der Waals surface area (Å²) in [4.78, 5) is 22.3. The first kappa shape index (κ1) is 23.8. The minimum Gasteiger partial charge on any atom is -0.347 e. The number of nitrogens with zero attached hydrogens (tertiary/aromatic N) is 5. The second-order valence-corrected chi connectivity index (χ2v) is 9.94. The molecule has 0 radical (unpaired) electrons. The summed E-state index contributed by atoms with van der Waals surface area (Å²) in [5.74, 6) is -0.260. The van der Waals surface area contributed by atoms with Crippen LogP contribution in [0.1, 0.15) is 56.1 Å². The quantitative estimate of drug-likeness (QED) is 0.507. The van der Waals surface area contributed by atoms with E-state index in [-0.39, 0.29) is 17.4 Å². The zero-order valence-corrected chi connectivity index (χ0v) is 20.8. The van der Waals surface area contributed by atoms with E-state index in [9.17, 15) is 10.1 Å². The molecule has 0 fully saturated rings. The number of aromatic nitrogens is 3. The van der Waals surface area contributed by atoms with Gasteiger partial charge in [-0.05, 0) is 76.1 Å². The van der Waals surface area contributed by atoms with Crippen LogP contribution in [0.5, 0.6) is 0 Å². The van der Waals surface area contributed by atoms with Gasteiger partial charge in [0.05, 0.1) is 17.2 Å². The standard InChI is InChI=1S/C26H29FN8O/c1-15(2)34-24(36)19-13-30-25(31-18-6-5-17-12-29-10-9-16(17)11-18)33-22(19)35(34)23-20(27)7-8-21(32-23)26(3,4)14-28/h5-8,11,13,15,25,29,31,33H,9-10,12H2,1-4H3. The number of halogens is 1. The summed E-state index contributed by atoms with van der Waals surface area (Å²) in [6.07, 6.45) is 1.89. The van der Waals surface area contributed by atoms with Gasteiger partial charge in [0.1, 0.15) is 11.4 Å². The van der Waals surface area contributed by atoms with Crippen molar-refractivity contribution in [2.75, 3.05) is 17.2 Å². The van der Waals surface area contributed by atoms with Crippen LogP contribution in [-0.2, 0) is 18.4 Å².